The number of aliphatic imine (C=N–C) groups is 1. The molecule has 1 aliphatic rings. The Balaban J connectivity index is 0.000000830. The first-order valence-corrected chi connectivity index (χ1v) is 19.0. The zero-order valence-corrected chi connectivity index (χ0v) is 29.1. The highest BCUT2D eigenvalue weighted by molar-refractivity contribution is 5.83. The average molecular weight is 606 g/mol. The molecule has 0 spiro atoms. The Kier molecular flexibility index (Phi) is 34.0. The van der Waals surface area contributed by atoms with Gasteiger partial charge in [0.25, 0.3) is 0 Å². The van der Waals surface area contributed by atoms with Crippen LogP contribution < -0.4 is 5.73 Å². The van der Waals surface area contributed by atoms with Gasteiger partial charge in [0.15, 0.2) is 0 Å². The molecule has 0 aromatic rings. The summed E-state index contributed by atoms with van der Waals surface area (Å²) < 4.78 is 0. The Morgan fingerprint density at radius 1 is 0.674 bits per heavy atom. The van der Waals surface area contributed by atoms with Crippen molar-refractivity contribution >= 4 is 11.8 Å². The zero-order chi connectivity index (χ0) is 31.5. The van der Waals surface area contributed by atoms with Gasteiger partial charge in [-0.05, 0) is 38.5 Å². The molecular formula is C38H75N3O2. The first-order chi connectivity index (χ1) is 21.2. The van der Waals surface area contributed by atoms with Gasteiger partial charge in [0, 0.05) is 32.5 Å². The molecule has 43 heavy (non-hydrogen) atoms. The van der Waals surface area contributed by atoms with Gasteiger partial charge in [-0.15, -0.1) is 0 Å². The van der Waals surface area contributed by atoms with Gasteiger partial charge in [0.1, 0.15) is 0 Å². The van der Waals surface area contributed by atoms with E-state index in [9.17, 15) is 4.79 Å². The van der Waals surface area contributed by atoms with E-state index in [2.05, 4.69) is 35.9 Å². The molecule has 0 saturated heterocycles. The van der Waals surface area contributed by atoms with E-state index >= 15 is 0 Å². The minimum Gasteiger partial charge on any atom is -0.481 e. The van der Waals surface area contributed by atoms with Crippen LogP contribution in [0.3, 0.4) is 0 Å². The third kappa shape index (κ3) is 31.9. The van der Waals surface area contributed by atoms with Crippen molar-refractivity contribution in [1.29, 1.82) is 0 Å². The van der Waals surface area contributed by atoms with Gasteiger partial charge < -0.3 is 15.7 Å². The Bertz CT molecular complexity index is 635. The van der Waals surface area contributed by atoms with Gasteiger partial charge in [-0.3, -0.25) is 9.79 Å². The number of rotatable bonds is 31. The standard InChI is InChI=1S/C20H41N3.C18H34O2/c1-2-3-4-5-6-7-8-9-10-11-12-13-14-15-20-22-17-19-23(20)18-16-21;1-2-3-4-5-6-7-8-9-10-11-12-13-14-15-16-17-18(19)20/h2-19,21H2,1H3;9-10H,2-8,11-17H2,1H3,(H,19,20). The summed E-state index contributed by atoms with van der Waals surface area (Å²) in [5, 5.41) is 8.51. The highest BCUT2D eigenvalue weighted by Crippen LogP contribution is 2.15. The number of aliphatic carboxylic acids is 1. The van der Waals surface area contributed by atoms with Crippen molar-refractivity contribution in [2.45, 2.75) is 194 Å². The number of amidine groups is 1. The fourth-order valence-electron chi connectivity index (χ4n) is 5.81. The monoisotopic (exact) mass is 606 g/mol. The Labute approximate surface area is 269 Å². The molecule has 0 aliphatic carbocycles. The number of carbonyl (C=O) groups is 1. The van der Waals surface area contributed by atoms with Gasteiger partial charge >= 0.3 is 5.97 Å². The average Bonchev–Trinajstić information content (AvgIpc) is 3.44. The van der Waals surface area contributed by atoms with E-state index in [0.29, 0.717) is 6.42 Å². The second kappa shape index (κ2) is 35.1. The van der Waals surface area contributed by atoms with Gasteiger partial charge in [0.2, 0.25) is 0 Å². The lowest BCUT2D eigenvalue weighted by atomic mass is 10.0. The van der Waals surface area contributed by atoms with Crippen molar-refractivity contribution in [3.8, 4) is 0 Å². The SMILES string of the molecule is CCCCCCCCC=CCCCCCCCC(=O)O.CCCCCCCCCCCCCCCC1=NCCN1CCN. The van der Waals surface area contributed by atoms with Gasteiger partial charge in [-0.2, -0.15) is 0 Å². The maximum Gasteiger partial charge on any atom is 0.303 e. The normalized spacial score (nSPS) is 13.0. The van der Waals surface area contributed by atoms with Crippen LogP contribution in [0.2, 0.25) is 0 Å². The van der Waals surface area contributed by atoms with Crippen molar-refractivity contribution in [3.63, 3.8) is 0 Å². The van der Waals surface area contributed by atoms with Crippen LogP contribution >= 0.6 is 0 Å². The predicted molar refractivity (Wildman–Crippen MR) is 190 cm³/mol. The number of allylic oxidation sites excluding steroid dienone is 2. The molecule has 0 atom stereocenters. The molecule has 1 heterocycles. The van der Waals surface area contributed by atoms with Crippen LogP contribution in [0.5, 0.6) is 0 Å². The molecule has 0 radical (unpaired) electrons. The third-order valence-corrected chi connectivity index (χ3v) is 8.58. The van der Waals surface area contributed by atoms with Crippen molar-refractivity contribution in [3.05, 3.63) is 12.2 Å². The fraction of sp³-hybridized carbons (Fsp3) is 0.895. The predicted octanol–water partition coefficient (Wildman–Crippen LogP) is 11.2. The second-order valence-electron chi connectivity index (χ2n) is 12.8. The van der Waals surface area contributed by atoms with Crippen LogP contribution in [0, 0.1) is 0 Å². The van der Waals surface area contributed by atoms with Crippen molar-refractivity contribution in [2.75, 3.05) is 26.2 Å². The molecule has 0 aromatic heterocycles. The first-order valence-electron chi connectivity index (χ1n) is 19.0. The first kappa shape index (κ1) is 41.6. The van der Waals surface area contributed by atoms with E-state index < -0.39 is 5.97 Å². The molecule has 0 fully saturated rings. The molecule has 0 bridgehead atoms. The van der Waals surface area contributed by atoms with Gasteiger partial charge in [0.05, 0.1) is 12.4 Å². The van der Waals surface area contributed by atoms with Crippen LogP contribution in [0.1, 0.15) is 194 Å². The quantitative estimate of drug-likeness (QED) is 0.0608. The van der Waals surface area contributed by atoms with Gasteiger partial charge in [-0.1, -0.05) is 154 Å². The van der Waals surface area contributed by atoms with Crippen molar-refractivity contribution in [1.82, 2.24) is 4.90 Å². The van der Waals surface area contributed by atoms with E-state index in [0.717, 1.165) is 45.4 Å². The van der Waals surface area contributed by atoms with E-state index in [1.165, 1.54) is 160 Å². The molecule has 254 valence electrons. The number of nitrogens with zero attached hydrogens (tertiary/aromatic N) is 2. The largest absolute Gasteiger partial charge is 0.481 e. The Morgan fingerprint density at radius 2 is 1.09 bits per heavy atom. The third-order valence-electron chi connectivity index (χ3n) is 8.58. The molecule has 0 saturated carbocycles. The second-order valence-corrected chi connectivity index (χ2v) is 12.8. The fourth-order valence-corrected chi connectivity index (χ4v) is 5.81. The molecule has 5 nitrogen and oxygen atoms in total. The van der Waals surface area contributed by atoms with Crippen LogP contribution in [0.15, 0.2) is 17.1 Å². The lowest BCUT2D eigenvalue weighted by molar-refractivity contribution is -0.137. The number of hydrogen-bond donors (Lipinski definition) is 2. The molecule has 1 rings (SSSR count). The zero-order valence-electron chi connectivity index (χ0n) is 29.1. The molecule has 3 N–H and O–H groups in total. The summed E-state index contributed by atoms with van der Waals surface area (Å²) in [4.78, 5) is 17.3. The lowest BCUT2D eigenvalue weighted by Crippen LogP contribution is -2.32. The molecule has 0 unspecified atom stereocenters. The Morgan fingerprint density at radius 3 is 1.53 bits per heavy atom. The minimum absolute atomic E-state index is 0.332. The molecule has 5 heteroatoms. The van der Waals surface area contributed by atoms with Crippen molar-refractivity contribution in [2.24, 2.45) is 10.7 Å². The summed E-state index contributed by atoms with van der Waals surface area (Å²) in [6, 6.07) is 0. The maximum absolute atomic E-state index is 10.3. The van der Waals surface area contributed by atoms with Crippen LogP contribution in [0.25, 0.3) is 0 Å². The number of hydrogen-bond acceptors (Lipinski definition) is 4. The van der Waals surface area contributed by atoms with E-state index in [4.69, 9.17) is 10.8 Å². The molecular weight excluding hydrogens is 530 g/mol. The summed E-state index contributed by atoms with van der Waals surface area (Å²) >= 11 is 0. The summed E-state index contributed by atoms with van der Waals surface area (Å²) in [7, 11) is 0. The summed E-state index contributed by atoms with van der Waals surface area (Å²) in [5.41, 5.74) is 5.65. The summed E-state index contributed by atoms with van der Waals surface area (Å²) in [6.45, 7) is 8.35. The number of carboxylic acid groups (broad SMARTS) is 1. The van der Waals surface area contributed by atoms with Crippen LogP contribution in [0.4, 0.5) is 0 Å². The molecule has 0 amide bonds. The topological polar surface area (TPSA) is 78.9 Å². The molecule has 0 aromatic carbocycles. The smallest absolute Gasteiger partial charge is 0.303 e. The number of nitrogens with two attached hydrogens (primary N) is 1. The Hall–Kier alpha value is -1.36. The summed E-state index contributed by atoms with van der Waals surface area (Å²) in [6.07, 6.45) is 40.9. The molecule has 1 aliphatic heterocycles. The van der Waals surface area contributed by atoms with Crippen LogP contribution in [-0.4, -0.2) is 48.0 Å². The minimum atomic E-state index is -0.664. The lowest BCUT2D eigenvalue weighted by Gasteiger charge is -2.19. The number of carboxylic acids is 1. The van der Waals surface area contributed by atoms with Crippen LogP contribution in [-0.2, 0) is 4.79 Å². The summed E-state index contributed by atoms with van der Waals surface area (Å²) in [5.74, 6) is 0.654. The van der Waals surface area contributed by atoms with E-state index in [-0.39, 0.29) is 0 Å². The highest BCUT2D eigenvalue weighted by atomic mass is 16.4. The van der Waals surface area contributed by atoms with Crippen molar-refractivity contribution < 1.29 is 9.90 Å². The number of unbranched alkanes of at least 4 members (excludes halogenated alkanes) is 23. The highest BCUT2D eigenvalue weighted by Gasteiger charge is 2.14. The maximum atomic E-state index is 10.3. The van der Waals surface area contributed by atoms with Gasteiger partial charge in [-0.25, -0.2) is 0 Å². The van der Waals surface area contributed by atoms with E-state index in [1.807, 2.05) is 0 Å². The van der Waals surface area contributed by atoms with E-state index in [1.54, 1.807) is 0 Å².